The number of rotatable bonds is 5. The number of amides is 1. The molecule has 1 fully saturated rings. The Kier molecular flexibility index (Phi) is 4.83. The molecule has 2 atom stereocenters. The monoisotopic (exact) mass is 420 g/mol. The standard InChI is InChI=1S/C19H20N2O7S/c1-26-15-5-4-14(18(22)21-13-6-9-20-10-7-13)16-17(15)28-19(27-16)8-2-3-12(19)11-29(23,24)25/h4-7,9-10,12H,2-3,8,11H2,1H3,(H,20,21,22)(H,23,24,25). The number of ether oxygens (including phenoxy) is 3. The molecule has 1 saturated carbocycles. The Morgan fingerprint density at radius 1 is 1.28 bits per heavy atom. The van der Waals surface area contributed by atoms with Crippen LogP contribution in [0, 0.1) is 5.92 Å². The van der Waals surface area contributed by atoms with E-state index >= 15 is 0 Å². The van der Waals surface area contributed by atoms with Crippen LogP contribution in [-0.4, -0.2) is 42.5 Å². The van der Waals surface area contributed by atoms with Crippen molar-refractivity contribution in [1.29, 1.82) is 0 Å². The summed E-state index contributed by atoms with van der Waals surface area (Å²) in [6, 6.07) is 6.46. The molecule has 4 rings (SSSR count). The SMILES string of the molecule is COc1ccc(C(=O)Nc2ccncc2)c2c1OC1(CCCC1CS(=O)(=O)O)O2. The molecule has 2 unspecified atom stereocenters. The van der Waals surface area contributed by atoms with Crippen molar-refractivity contribution in [2.75, 3.05) is 18.2 Å². The number of benzene rings is 1. The Morgan fingerprint density at radius 3 is 2.69 bits per heavy atom. The van der Waals surface area contributed by atoms with Gasteiger partial charge in [0, 0.05) is 24.5 Å². The van der Waals surface area contributed by atoms with Crippen LogP contribution in [0.5, 0.6) is 17.2 Å². The van der Waals surface area contributed by atoms with Gasteiger partial charge in [0.25, 0.3) is 21.8 Å². The number of carbonyl (C=O) groups is 1. The summed E-state index contributed by atoms with van der Waals surface area (Å²) in [6.07, 6.45) is 4.71. The molecule has 1 aliphatic carbocycles. The molecule has 1 aromatic carbocycles. The number of aromatic nitrogens is 1. The first-order valence-corrected chi connectivity index (χ1v) is 10.7. The van der Waals surface area contributed by atoms with E-state index in [9.17, 15) is 17.8 Å². The Labute approximate surface area is 167 Å². The number of anilines is 1. The Bertz CT molecular complexity index is 1040. The number of hydrogen-bond acceptors (Lipinski definition) is 7. The van der Waals surface area contributed by atoms with Gasteiger partial charge < -0.3 is 19.5 Å². The van der Waals surface area contributed by atoms with E-state index in [0.29, 0.717) is 30.7 Å². The van der Waals surface area contributed by atoms with Crippen LogP contribution in [0.25, 0.3) is 0 Å². The minimum atomic E-state index is -4.22. The van der Waals surface area contributed by atoms with Crippen molar-refractivity contribution in [1.82, 2.24) is 4.98 Å². The summed E-state index contributed by atoms with van der Waals surface area (Å²) >= 11 is 0. The predicted molar refractivity (Wildman–Crippen MR) is 103 cm³/mol. The molecule has 9 nitrogen and oxygen atoms in total. The maximum absolute atomic E-state index is 12.8. The van der Waals surface area contributed by atoms with Crippen LogP contribution >= 0.6 is 0 Å². The van der Waals surface area contributed by atoms with Gasteiger partial charge in [0.2, 0.25) is 5.75 Å². The highest BCUT2D eigenvalue weighted by Crippen LogP contribution is 2.54. The van der Waals surface area contributed by atoms with Crippen molar-refractivity contribution in [2.45, 2.75) is 25.0 Å². The van der Waals surface area contributed by atoms with Crippen LogP contribution in [0.4, 0.5) is 5.69 Å². The summed E-state index contributed by atoms with van der Waals surface area (Å²) in [6.45, 7) is 0. The van der Waals surface area contributed by atoms with Gasteiger partial charge in [0.05, 0.1) is 24.3 Å². The molecule has 1 spiro atoms. The van der Waals surface area contributed by atoms with E-state index in [1.54, 1.807) is 36.7 Å². The Hall–Kier alpha value is -2.85. The first-order chi connectivity index (χ1) is 13.8. The smallest absolute Gasteiger partial charge is 0.265 e. The lowest BCUT2D eigenvalue weighted by Gasteiger charge is -2.28. The van der Waals surface area contributed by atoms with Crippen molar-refractivity contribution < 1.29 is 32.0 Å². The molecule has 0 radical (unpaired) electrons. The minimum Gasteiger partial charge on any atom is -0.493 e. The zero-order valence-electron chi connectivity index (χ0n) is 15.6. The van der Waals surface area contributed by atoms with Crippen LogP contribution in [0.2, 0.25) is 0 Å². The van der Waals surface area contributed by atoms with Gasteiger partial charge in [0.1, 0.15) is 0 Å². The molecule has 2 heterocycles. The summed E-state index contributed by atoms with van der Waals surface area (Å²) in [4.78, 5) is 16.8. The van der Waals surface area contributed by atoms with Gasteiger partial charge in [-0.05, 0) is 37.1 Å². The third-order valence-electron chi connectivity index (χ3n) is 5.14. The quantitative estimate of drug-likeness (QED) is 0.707. The lowest BCUT2D eigenvalue weighted by molar-refractivity contribution is -0.104. The second kappa shape index (κ2) is 7.20. The van der Waals surface area contributed by atoms with Crippen LogP contribution < -0.4 is 19.5 Å². The number of pyridine rings is 1. The molecular formula is C19H20N2O7S. The van der Waals surface area contributed by atoms with Gasteiger partial charge in [-0.3, -0.25) is 14.3 Å². The van der Waals surface area contributed by atoms with Gasteiger partial charge in [-0.15, -0.1) is 0 Å². The van der Waals surface area contributed by atoms with E-state index in [4.69, 9.17) is 14.2 Å². The average Bonchev–Trinajstić information content (AvgIpc) is 3.24. The second-order valence-electron chi connectivity index (χ2n) is 7.02. The number of methoxy groups -OCH3 is 1. The van der Waals surface area contributed by atoms with Gasteiger partial charge >= 0.3 is 0 Å². The molecule has 10 heteroatoms. The fourth-order valence-electron chi connectivity index (χ4n) is 3.83. The fraction of sp³-hybridized carbons (Fsp3) is 0.368. The molecule has 1 amide bonds. The molecule has 29 heavy (non-hydrogen) atoms. The van der Waals surface area contributed by atoms with E-state index in [-0.39, 0.29) is 17.1 Å². The zero-order valence-corrected chi connectivity index (χ0v) is 16.4. The summed E-state index contributed by atoms with van der Waals surface area (Å²) in [5.74, 6) is -1.93. The van der Waals surface area contributed by atoms with Crippen LogP contribution in [0.1, 0.15) is 29.6 Å². The van der Waals surface area contributed by atoms with Crippen molar-refractivity contribution in [3.05, 3.63) is 42.2 Å². The van der Waals surface area contributed by atoms with Crippen LogP contribution in [0.15, 0.2) is 36.7 Å². The number of nitrogens with one attached hydrogen (secondary N) is 1. The highest BCUT2D eigenvalue weighted by atomic mass is 32.2. The number of nitrogens with zero attached hydrogens (tertiary/aromatic N) is 1. The van der Waals surface area contributed by atoms with Gasteiger partial charge in [-0.25, -0.2) is 0 Å². The second-order valence-corrected chi connectivity index (χ2v) is 8.51. The third kappa shape index (κ3) is 3.73. The van der Waals surface area contributed by atoms with Gasteiger partial charge in [-0.1, -0.05) is 0 Å². The first kappa shape index (κ1) is 19.5. The summed E-state index contributed by atoms with van der Waals surface area (Å²) in [7, 11) is -2.75. The predicted octanol–water partition coefficient (Wildman–Crippen LogP) is 2.50. The molecule has 2 aliphatic rings. The molecular weight excluding hydrogens is 400 g/mol. The van der Waals surface area contributed by atoms with Crippen molar-refractivity contribution in [2.24, 2.45) is 5.92 Å². The molecule has 0 bridgehead atoms. The van der Waals surface area contributed by atoms with Gasteiger partial charge in [0.15, 0.2) is 11.5 Å². The largest absolute Gasteiger partial charge is 0.493 e. The maximum atomic E-state index is 12.8. The molecule has 2 N–H and O–H groups in total. The molecule has 2 aromatic rings. The average molecular weight is 420 g/mol. The van der Waals surface area contributed by atoms with E-state index in [0.717, 1.165) is 0 Å². The fourth-order valence-corrected chi connectivity index (χ4v) is 4.76. The number of carbonyl (C=O) groups excluding carboxylic acids is 1. The molecule has 1 aromatic heterocycles. The summed E-state index contributed by atoms with van der Waals surface area (Å²) in [5.41, 5.74) is 0.792. The van der Waals surface area contributed by atoms with Crippen LogP contribution in [-0.2, 0) is 10.1 Å². The zero-order chi connectivity index (χ0) is 20.6. The van der Waals surface area contributed by atoms with Gasteiger partial charge in [-0.2, -0.15) is 8.42 Å². The Morgan fingerprint density at radius 2 is 2.00 bits per heavy atom. The third-order valence-corrected chi connectivity index (χ3v) is 5.96. The maximum Gasteiger partial charge on any atom is 0.265 e. The molecule has 1 aliphatic heterocycles. The number of hydrogen-bond donors (Lipinski definition) is 2. The van der Waals surface area contributed by atoms with Crippen molar-refractivity contribution in [3.8, 4) is 17.2 Å². The van der Waals surface area contributed by atoms with Crippen molar-refractivity contribution in [3.63, 3.8) is 0 Å². The topological polar surface area (TPSA) is 124 Å². The van der Waals surface area contributed by atoms with E-state index in [1.165, 1.54) is 7.11 Å². The van der Waals surface area contributed by atoms with E-state index in [2.05, 4.69) is 10.3 Å². The van der Waals surface area contributed by atoms with E-state index in [1.807, 2.05) is 0 Å². The summed E-state index contributed by atoms with van der Waals surface area (Å²) < 4.78 is 49.7. The minimum absolute atomic E-state index is 0.193. The van der Waals surface area contributed by atoms with E-state index < -0.39 is 33.5 Å². The Balaban J connectivity index is 1.68. The number of fused-ring (bicyclic) bond motifs is 1. The lowest BCUT2D eigenvalue weighted by Crippen LogP contribution is -2.45. The summed E-state index contributed by atoms with van der Waals surface area (Å²) in [5, 5.41) is 2.76. The highest BCUT2D eigenvalue weighted by Gasteiger charge is 2.54. The first-order valence-electron chi connectivity index (χ1n) is 9.07. The normalized spacial score (nSPS) is 22.6. The lowest BCUT2D eigenvalue weighted by atomic mass is 10.1. The molecule has 0 saturated heterocycles. The molecule has 154 valence electrons. The van der Waals surface area contributed by atoms with Crippen LogP contribution in [0.3, 0.4) is 0 Å². The highest BCUT2D eigenvalue weighted by molar-refractivity contribution is 7.85. The van der Waals surface area contributed by atoms with Crippen molar-refractivity contribution >= 4 is 21.7 Å².